The molecule has 0 spiro atoms. The number of nitriles is 1. The summed E-state index contributed by atoms with van der Waals surface area (Å²) in [5.74, 6) is 0.185. The van der Waals surface area contributed by atoms with Crippen molar-refractivity contribution in [2.75, 3.05) is 55.6 Å². The van der Waals surface area contributed by atoms with E-state index in [4.69, 9.17) is 4.74 Å². The largest absolute Gasteiger partial charge is 0.488 e. The highest BCUT2D eigenvalue weighted by Gasteiger charge is 2.64. The fourth-order valence-corrected chi connectivity index (χ4v) is 10.6. The molecule has 14 heteroatoms. The molecule has 5 aliphatic rings. The number of anilines is 2. The Balaban J connectivity index is 0.741. The number of nitrogens with zero attached hydrogens (tertiary/aromatic N) is 5. The monoisotopic (exact) mass is 810 g/mol. The average Bonchev–Trinajstić information content (AvgIpc) is 3.54. The first-order chi connectivity index (χ1) is 28.7. The topological polar surface area (TPSA) is 171 Å². The quantitative estimate of drug-likeness (QED) is 0.210. The third-order valence-corrected chi connectivity index (χ3v) is 13.5. The molecule has 3 saturated heterocycles. The number of imide groups is 1. The second-order valence-electron chi connectivity index (χ2n) is 18.2. The minimum absolute atomic E-state index is 0.129. The van der Waals surface area contributed by atoms with Crippen molar-refractivity contribution in [1.29, 1.82) is 5.26 Å². The smallest absolute Gasteiger partial charge is 0.255 e. The van der Waals surface area contributed by atoms with Gasteiger partial charge in [-0.3, -0.25) is 34.2 Å². The molecule has 5 heterocycles. The summed E-state index contributed by atoms with van der Waals surface area (Å²) in [4.78, 5) is 74.4. The molecule has 1 atom stereocenters. The molecular formula is C46H50N8O6. The molecule has 0 radical (unpaired) electrons. The van der Waals surface area contributed by atoms with Gasteiger partial charge in [-0.1, -0.05) is 27.7 Å². The van der Waals surface area contributed by atoms with Crippen LogP contribution in [0.1, 0.15) is 72.4 Å². The van der Waals surface area contributed by atoms with Crippen LogP contribution in [0.4, 0.5) is 11.4 Å². The van der Waals surface area contributed by atoms with Crippen molar-refractivity contribution in [1.82, 2.24) is 25.4 Å². The number of nitrogens with one attached hydrogen (secondary N) is 3. The molecule has 4 fully saturated rings. The number of hydrogen-bond donors (Lipinski definition) is 3. The molecule has 3 N–H and O–H groups in total. The third kappa shape index (κ3) is 6.84. The summed E-state index contributed by atoms with van der Waals surface area (Å²) in [5, 5.41) is 15.9. The maximum absolute atomic E-state index is 13.6. The van der Waals surface area contributed by atoms with Crippen LogP contribution in [0.15, 0.2) is 71.5 Å². The van der Waals surface area contributed by atoms with Crippen molar-refractivity contribution in [3.63, 3.8) is 0 Å². The predicted molar refractivity (Wildman–Crippen MR) is 226 cm³/mol. The summed E-state index contributed by atoms with van der Waals surface area (Å²) in [5.41, 5.74) is 4.08. The van der Waals surface area contributed by atoms with E-state index in [2.05, 4.69) is 70.1 Å². The van der Waals surface area contributed by atoms with E-state index in [-0.39, 0.29) is 41.8 Å². The second kappa shape index (κ2) is 14.8. The molecule has 1 saturated carbocycles. The molecule has 1 aromatic heterocycles. The summed E-state index contributed by atoms with van der Waals surface area (Å²) < 4.78 is 6.61. The van der Waals surface area contributed by atoms with Crippen LogP contribution in [0, 0.1) is 28.1 Å². The zero-order valence-corrected chi connectivity index (χ0v) is 34.4. The number of piperazine rings is 1. The standard InChI is InChI=1S/C46H50N8O6/c1-45(2)43(46(3,4)44(45)60-36-14-7-29(22-47)39-34(36)12-15-37(55)48-39)50-40(57)28-5-8-31(9-6-28)53-24-27(25-53)23-51-17-19-52(20-18-51)32-10-11-33-30(21-32)26-54(42(33)59)35-13-16-38(56)49-41(35)58/h5-12,14-15,21,27,35,43-44H,13,16-20,23-26H2,1-4H3,(H,48,55)(H,50,57)(H,49,56,58)/t35-,43?,44?/m0/s1. The first kappa shape index (κ1) is 39.3. The Morgan fingerprint density at radius 1 is 0.883 bits per heavy atom. The predicted octanol–water partition coefficient (Wildman–Crippen LogP) is 4.03. The van der Waals surface area contributed by atoms with Crippen LogP contribution in [0.2, 0.25) is 0 Å². The van der Waals surface area contributed by atoms with Crippen LogP contribution in [-0.4, -0.2) is 102 Å². The van der Waals surface area contributed by atoms with Gasteiger partial charge >= 0.3 is 0 Å². The summed E-state index contributed by atoms with van der Waals surface area (Å²) >= 11 is 0. The number of pyridine rings is 1. The van der Waals surface area contributed by atoms with E-state index in [0.29, 0.717) is 52.2 Å². The SMILES string of the molecule is CC1(C)C(NC(=O)c2ccc(N3CC(CN4CCN(c5ccc6c(c5)CN([C@H]5CCC(=O)NC5=O)C6=O)CC4)C3)cc2)C(C)(C)C1Oc1ccc(C#N)c2[nH]c(=O)ccc12. The highest BCUT2D eigenvalue weighted by molar-refractivity contribution is 6.05. The molecule has 4 amide bonds. The normalized spacial score (nSPS) is 23.7. The molecule has 3 aromatic carbocycles. The Kier molecular flexibility index (Phi) is 9.69. The van der Waals surface area contributed by atoms with Crippen LogP contribution in [0.3, 0.4) is 0 Å². The molecule has 310 valence electrons. The maximum Gasteiger partial charge on any atom is 0.255 e. The van der Waals surface area contributed by atoms with Gasteiger partial charge in [-0.2, -0.15) is 5.26 Å². The molecule has 0 unspecified atom stereocenters. The van der Waals surface area contributed by atoms with Crippen molar-refractivity contribution < 1.29 is 23.9 Å². The van der Waals surface area contributed by atoms with E-state index in [1.165, 1.54) is 6.07 Å². The number of aromatic nitrogens is 1. The van der Waals surface area contributed by atoms with Gasteiger partial charge in [0.25, 0.3) is 11.8 Å². The lowest BCUT2D eigenvalue weighted by Crippen LogP contribution is -2.74. The van der Waals surface area contributed by atoms with Gasteiger partial charge < -0.3 is 29.7 Å². The number of fused-ring (bicyclic) bond motifs is 2. The van der Waals surface area contributed by atoms with E-state index >= 15 is 0 Å². The van der Waals surface area contributed by atoms with Gasteiger partial charge in [0, 0.05) is 116 Å². The summed E-state index contributed by atoms with van der Waals surface area (Å²) in [6, 6.07) is 21.7. The highest BCUT2D eigenvalue weighted by atomic mass is 16.5. The average molecular weight is 811 g/mol. The van der Waals surface area contributed by atoms with E-state index in [1.807, 2.05) is 36.4 Å². The molecule has 4 aromatic rings. The van der Waals surface area contributed by atoms with Crippen LogP contribution < -0.4 is 30.7 Å². The van der Waals surface area contributed by atoms with Gasteiger partial charge in [0.05, 0.1) is 11.1 Å². The van der Waals surface area contributed by atoms with Gasteiger partial charge in [0.15, 0.2) is 0 Å². The minimum atomic E-state index is -0.612. The van der Waals surface area contributed by atoms with Crippen molar-refractivity contribution in [3.8, 4) is 11.8 Å². The number of benzene rings is 3. The Labute approximate surface area is 348 Å². The van der Waals surface area contributed by atoms with Crippen LogP contribution in [-0.2, 0) is 16.1 Å². The number of hydrogen-bond acceptors (Lipinski definition) is 10. The summed E-state index contributed by atoms with van der Waals surface area (Å²) in [7, 11) is 0. The number of H-pyrrole nitrogens is 1. The molecule has 1 aliphatic carbocycles. The molecule has 4 aliphatic heterocycles. The van der Waals surface area contributed by atoms with Crippen molar-refractivity contribution in [3.05, 3.63) is 99.3 Å². The number of carbonyl (C=O) groups excluding carboxylic acids is 4. The molecule has 60 heavy (non-hydrogen) atoms. The first-order valence-corrected chi connectivity index (χ1v) is 20.8. The zero-order chi connectivity index (χ0) is 42.1. The third-order valence-electron chi connectivity index (χ3n) is 13.5. The Bertz CT molecular complexity index is 2490. The lowest BCUT2D eigenvalue weighted by molar-refractivity contribution is -0.163. The van der Waals surface area contributed by atoms with Crippen LogP contribution >= 0.6 is 0 Å². The van der Waals surface area contributed by atoms with Crippen molar-refractivity contribution >= 4 is 45.9 Å². The zero-order valence-electron chi connectivity index (χ0n) is 34.4. The lowest BCUT2D eigenvalue weighted by Gasteiger charge is -2.63. The number of rotatable bonds is 9. The fourth-order valence-electron chi connectivity index (χ4n) is 10.6. The molecule has 0 bridgehead atoms. The first-order valence-electron chi connectivity index (χ1n) is 20.8. The van der Waals surface area contributed by atoms with E-state index in [9.17, 15) is 29.2 Å². The Morgan fingerprint density at radius 2 is 1.60 bits per heavy atom. The number of aromatic amines is 1. The lowest BCUT2D eigenvalue weighted by atomic mass is 9.49. The number of piperidine rings is 1. The minimum Gasteiger partial charge on any atom is -0.488 e. The molecule has 14 nitrogen and oxygen atoms in total. The summed E-state index contributed by atoms with van der Waals surface area (Å²) in [6.45, 7) is 15.4. The maximum atomic E-state index is 13.6. The van der Waals surface area contributed by atoms with Gasteiger partial charge in [-0.15, -0.1) is 0 Å². The van der Waals surface area contributed by atoms with Crippen molar-refractivity contribution in [2.24, 2.45) is 16.7 Å². The Hall–Kier alpha value is -6.20. The van der Waals surface area contributed by atoms with E-state index in [0.717, 1.165) is 62.8 Å². The second-order valence-corrected chi connectivity index (χ2v) is 18.2. The molecule has 9 rings (SSSR count). The van der Waals surface area contributed by atoms with E-state index < -0.39 is 22.8 Å². The van der Waals surface area contributed by atoms with Gasteiger partial charge in [0.1, 0.15) is 24.0 Å². The van der Waals surface area contributed by atoms with E-state index in [1.54, 1.807) is 23.1 Å². The van der Waals surface area contributed by atoms with Gasteiger partial charge in [0.2, 0.25) is 17.4 Å². The fraction of sp³-hybridized carbons (Fsp3) is 0.435. The highest BCUT2D eigenvalue weighted by Crippen LogP contribution is 2.56. The molecular weight excluding hydrogens is 761 g/mol. The van der Waals surface area contributed by atoms with Gasteiger partial charge in [-0.05, 0) is 72.6 Å². The summed E-state index contributed by atoms with van der Waals surface area (Å²) in [6.07, 6.45) is 0.352. The van der Waals surface area contributed by atoms with Crippen molar-refractivity contribution in [2.45, 2.75) is 65.3 Å². The van der Waals surface area contributed by atoms with Gasteiger partial charge in [-0.25, -0.2) is 0 Å². The Morgan fingerprint density at radius 3 is 2.30 bits per heavy atom. The number of carbonyl (C=O) groups is 4. The number of ether oxygens (including phenoxy) is 1. The van der Waals surface area contributed by atoms with Crippen LogP contribution in [0.25, 0.3) is 10.9 Å². The number of amides is 4. The van der Waals surface area contributed by atoms with Crippen LogP contribution in [0.5, 0.6) is 5.75 Å².